The Labute approximate surface area is 103 Å². The van der Waals surface area contributed by atoms with E-state index in [-0.39, 0.29) is 5.41 Å². The van der Waals surface area contributed by atoms with Crippen LogP contribution in [0.2, 0.25) is 0 Å². The van der Waals surface area contributed by atoms with Gasteiger partial charge in [0.2, 0.25) is 0 Å². The van der Waals surface area contributed by atoms with Gasteiger partial charge in [0.15, 0.2) is 0 Å². The molecule has 90 valence electrons. The number of hydrogen-bond donors (Lipinski definition) is 2. The lowest BCUT2D eigenvalue weighted by Crippen LogP contribution is -2.60. The average molecular weight is 228 g/mol. The van der Waals surface area contributed by atoms with Crippen LogP contribution < -0.4 is 11.5 Å². The molecule has 4 N–H and O–H groups in total. The predicted octanol–water partition coefficient (Wildman–Crippen LogP) is 2.67. The fourth-order valence-electron chi connectivity index (χ4n) is 2.15. The van der Waals surface area contributed by atoms with Crippen molar-refractivity contribution >= 4 is 5.57 Å². The molecule has 1 aliphatic rings. The van der Waals surface area contributed by atoms with E-state index >= 15 is 0 Å². The molecule has 1 aromatic rings. The molecule has 1 aliphatic carbocycles. The number of allylic oxidation sites excluding steroid dienone is 2. The first-order chi connectivity index (χ1) is 7.86. The minimum absolute atomic E-state index is 0.243. The summed E-state index contributed by atoms with van der Waals surface area (Å²) in [6, 6.07) is 10.3. The molecule has 0 radical (unpaired) electrons. The molecule has 17 heavy (non-hydrogen) atoms. The van der Waals surface area contributed by atoms with Crippen LogP contribution in [0.1, 0.15) is 26.3 Å². The molecule has 0 bridgehead atoms. The van der Waals surface area contributed by atoms with Gasteiger partial charge in [-0.2, -0.15) is 0 Å². The zero-order chi connectivity index (χ0) is 12.7. The van der Waals surface area contributed by atoms with Crippen LogP contribution in [-0.2, 0) is 0 Å². The second-order valence-corrected chi connectivity index (χ2v) is 5.30. The lowest BCUT2D eigenvalue weighted by Gasteiger charge is -2.43. The lowest BCUT2D eigenvalue weighted by atomic mass is 9.68. The summed E-state index contributed by atoms with van der Waals surface area (Å²) >= 11 is 0. The molecule has 2 heteroatoms. The molecule has 0 amide bonds. The predicted molar refractivity (Wildman–Crippen MR) is 73.1 cm³/mol. The van der Waals surface area contributed by atoms with Crippen LogP contribution in [0.15, 0.2) is 48.1 Å². The Kier molecular flexibility index (Phi) is 2.72. The molecule has 0 unspecified atom stereocenters. The molecule has 0 saturated heterocycles. The van der Waals surface area contributed by atoms with Crippen LogP contribution in [0.5, 0.6) is 0 Å². The zero-order valence-electron chi connectivity index (χ0n) is 10.7. The first-order valence-electron chi connectivity index (χ1n) is 5.90. The fourth-order valence-corrected chi connectivity index (χ4v) is 2.15. The Morgan fingerprint density at radius 3 is 2.18 bits per heavy atom. The summed E-state index contributed by atoms with van der Waals surface area (Å²) in [6.07, 6.45) is 3.94. The highest BCUT2D eigenvalue weighted by Crippen LogP contribution is 2.42. The van der Waals surface area contributed by atoms with Gasteiger partial charge in [-0.3, -0.25) is 0 Å². The second kappa shape index (κ2) is 3.83. The molecule has 0 saturated carbocycles. The van der Waals surface area contributed by atoms with Gasteiger partial charge in [-0.25, -0.2) is 0 Å². The molecule has 2 rings (SSSR count). The molecule has 0 aliphatic heterocycles. The topological polar surface area (TPSA) is 52.0 Å². The van der Waals surface area contributed by atoms with Crippen LogP contribution >= 0.6 is 0 Å². The van der Waals surface area contributed by atoms with E-state index in [2.05, 4.69) is 32.9 Å². The summed E-state index contributed by atoms with van der Waals surface area (Å²) < 4.78 is 0. The maximum Gasteiger partial charge on any atom is 0.0922 e. The highest BCUT2D eigenvalue weighted by molar-refractivity contribution is 5.79. The van der Waals surface area contributed by atoms with Gasteiger partial charge in [-0.05, 0) is 24.1 Å². The van der Waals surface area contributed by atoms with Crippen molar-refractivity contribution in [1.82, 2.24) is 0 Å². The summed E-state index contributed by atoms with van der Waals surface area (Å²) in [5.41, 5.74) is 14.9. The highest BCUT2D eigenvalue weighted by Gasteiger charge is 2.41. The molecular weight excluding hydrogens is 208 g/mol. The molecule has 0 heterocycles. The van der Waals surface area contributed by atoms with Gasteiger partial charge < -0.3 is 11.5 Å². The van der Waals surface area contributed by atoms with E-state index in [1.54, 1.807) is 0 Å². The normalized spacial score (nSPS) is 21.7. The van der Waals surface area contributed by atoms with E-state index in [0.29, 0.717) is 0 Å². The van der Waals surface area contributed by atoms with Gasteiger partial charge in [0.1, 0.15) is 0 Å². The van der Waals surface area contributed by atoms with Crippen LogP contribution in [0, 0.1) is 5.41 Å². The van der Waals surface area contributed by atoms with Crippen molar-refractivity contribution in [3.05, 3.63) is 53.6 Å². The Bertz CT molecular complexity index is 479. The van der Waals surface area contributed by atoms with Gasteiger partial charge in [-0.1, -0.05) is 55.8 Å². The molecule has 0 atom stereocenters. The Morgan fingerprint density at radius 2 is 1.59 bits per heavy atom. The number of nitrogens with two attached hydrogens (primary N) is 2. The Morgan fingerprint density at radius 1 is 1.00 bits per heavy atom. The van der Waals surface area contributed by atoms with Gasteiger partial charge in [-0.15, -0.1) is 0 Å². The average Bonchev–Trinajstić information content (AvgIpc) is 2.28. The number of hydrogen-bond acceptors (Lipinski definition) is 2. The maximum atomic E-state index is 6.14. The smallest absolute Gasteiger partial charge is 0.0922 e. The van der Waals surface area contributed by atoms with Crippen molar-refractivity contribution in [2.45, 2.75) is 26.4 Å². The molecule has 0 aromatic heterocycles. The summed E-state index contributed by atoms with van der Waals surface area (Å²) in [4.78, 5) is 0. The van der Waals surface area contributed by atoms with Crippen molar-refractivity contribution < 1.29 is 0 Å². The second-order valence-electron chi connectivity index (χ2n) is 5.30. The van der Waals surface area contributed by atoms with E-state index in [9.17, 15) is 0 Å². The zero-order valence-corrected chi connectivity index (χ0v) is 10.7. The highest BCUT2D eigenvalue weighted by atomic mass is 15.0. The van der Waals surface area contributed by atoms with E-state index in [4.69, 9.17) is 11.5 Å². The summed E-state index contributed by atoms with van der Waals surface area (Å²) in [7, 11) is 0. The summed E-state index contributed by atoms with van der Waals surface area (Å²) in [5, 5.41) is 0. The molecular formula is C15H20N2. The first kappa shape index (κ1) is 12.1. The van der Waals surface area contributed by atoms with Crippen LogP contribution in [-0.4, -0.2) is 5.66 Å². The van der Waals surface area contributed by atoms with Crippen molar-refractivity contribution in [3.63, 3.8) is 0 Å². The SMILES string of the molecule is CC1=C(c2ccccc2)C=CC(N)(N)C1(C)C. The van der Waals surface area contributed by atoms with Crippen LogP contribution in [0.4, 0.5) is 0 Å². The van der Waals surface area contributed by atoms with E-state index in [1.165, 1.54) is 16.7 Å². The largest absolute Gasteiger partial charge is 0.309 e. The lowest BCUT2D eigenvalue weighted by molar-refractivity contribution is 0.270. The fraction of sp³-hybridized carbons (Fsp3) is 0.333. The maximum absolute atomic E-state index is 6.14. The van der Waals surface area contributed by atoms with Gasteiger partial charge in [0.05, 0.1) is 5.66 Å². The minimum Gasteiger partial charge on any atom is -0.309 e. The molecule has 0 fully saturated rings. The van der Waals surface area contributed by atoms with Crippen LogP contribution in [0.25, 0.3) is 5.57 Å². The third-order valence-corrected chi connectivity index (χ3v) is 4.03. The number of rotatable bonds is 1. The minimum atomic E-state index is -0.782. The summed E-state index contributed by atoms with van der Waals surface area (Å²) in [6.45, 7) is 6.30. The third-order valence-electron chi connectivity index (χ3n) is 4.03. The van der Waals surface area contributed by atoms with Crippen LogP contribution in [0.3, 0.4) is 0 Å². The quantitative estimate of drug-likeness (QED) is 0.726. The van der Waals surface area contributed by atoms with Crippen molar-refractivity contribution in [2.24, 2.45) is 16.9 Å². The van der Waals surface area contributed by atoms with Crippen molar-refractivity contribution in [3.8, 4) is 0 Å². The van der Waals surface area contributed by atoms with Gasteiger partial charge >= 0.3 is 0 Å². The molecule has 1 aromatic carbocycles. The standard InChI is InChI=1S/C15H20N2/c1-11-13(12-7-5-4-6-8-12)9-10-15(16,17)14(11,2)3/h4-10H,16-17H2,1-3H3. The van der Waals surface area contributed by atoms with Gasteiger partial charge in [0, 0.05) is 5.41 Å². The Balaban J connectivity index is 2.55. The Hall–Kier alpha value is -1.38. The van der Waals surface area contributed by atoms with Gasteiger partial charge in [0.25, 0.3) is 0 Å². The van der Waals surface area contributed by atoms with E-state index < -0.39 is 5.66 Å². The first-order valence-corrected chi connectivity index (χ1v) is 5.90. The van der Waals surface area contributed by atoms with E-state index in [1.807, 2.05) is 30.4 Å². The third kappa shape index (κ3) is 1.84. The summed E-state index contributed by atoms with van der Waals surface area (Å²) in [5.74, 6) is 0. The van der Waals surface area contributed by atoms with E-state index in [0.717, 1.165) is 0 Å². The molecule has 2 nitrogen and oxygen atoms in total. The number of benzene rings is 1. The van der Waals surface area contributed by atoms with Crippen molar-refractivity contribution in [1.29, 1.82) is 0 Å². The monoisotopic (exact) mass is 228 g/mol. The van der Waals surface area contributed by atoms with Crippen molar-refractivity contribution in [2.75, 3.05) is 0 Å². The molecule has 0 spiro atoms.